The van der Waals surface area contributed by atoms with Crippen LogP contribution >= 0.6 is 11.6 Å². The van der Waals surface area contributed by atoms with Crippen molar-refractivity contribution in [1.82, 2.24) is 4.57 Å². The highest BCUT2D eigenvalue weighted by molar-refractivity contribution is 7.92. The van der Waals surface area contributed by atoms with Gasteiger partial charge in [0.15, 0.2) is 0 Å². The number of carbonyl (C=O) groups is 1. The molecule has 0 spiro atoms. The van der Waals surface area contributed by atoms with Crippen molar-refractivity contribution in [3.63, 3.8) is 0 Å². The molecule has 0 aliphatic carbocycles. The average Bonchev–Trinajstić information content (AvgIpc) is 3.06. The number of rotatable bonds is 6. The van der Waals surface area contributed by atoms with Gasteiger partial charge in [-0.05, 0) is 49.4 Å². The summed E-state index contributed by atoms with van der Waals surface area (Å²) in [5, 5.41) is 4.60. The van der Waals surface area contributed by atoms with E-state index in [1.165, 1.54) is 12.1 Å². The van der Waals surface area contributed by atoms with Gasteiger partial charge in [0.1, 0.15) is 12.4 Å². The van der Waals surface area contributed by atoms with Crippen LogP contribution in [-0.2, 0) is 21.4 Å². The SMILES string of the molecule is CCn1c2ccccc2c2cc(NC(=O)CN(c3ccc(F)c(Cl)c3)S(C)(=O)=O)ccc21. The summed E-state index contributed by atoms with van der Waals surface area (Å²) in [6, 6.07) is 17.1. The fraction of sp³-hybridized carbons (Fsp3) is 0.174. The lowest BCUT2D eigenvalue weighted by atomic mass is 10.1. The fourth-order valence-electron chi connectivity index (χ4n) is 3.84. The number of halogens is 2. The molecule has 0 unspecified atom stereocenters. The average molecular weight is 474 g/mol. The molecule has 0 saturated carbocycles. The molecule has 6 nitrogen and oxygen atoms in total. The van der Waals surface area contributed by atoms with E-state index >= 15 is 0 Å². The topological polar surface area (TPSA) is 71.4 Å². The Bertz CT molecular complexity index is 1450. The molecule has 3 aromatic carbocycles. The maximum atomic E-state index is 13.5. The Labute approximate surface area is 190 Å². The highest BCUT2D eigenvalue weighted by Gasteiger charge is 2.22. The van der Waals surface area contributed by atoms with E-state index in [0.717, 1.165) is 45.0 Å². The summed E-state index contributed by atoms with van der Waals surface area (Å²) in [6.07, 6.45) is 0.975. The van der Waals surface area contributed by atoms with Crippen molar-refractivity contribution >= 4 is 60.7 Å². The highest BCUT2D eigenvalue weighted by atomic mass is 35.5. The van der Waals surface area contributed by atoms with Crippen LogP contribution in [0.5, 0.6) is 0 Å². The van der Waals surface area contributed by atoms with Crippen LogP contribution in [0.15, 0.2) is 60.7 Å². The molecular formula is C23H21ClFN3O3S. The summed E-state index contributed by atoms with van der Waals surface area (Å²) in [7, 11) is -3.81. The molecule has 0 saturated heterocycles. The predicted octanol–water partition coefficient (Wildman–Crippen LogP) is 5.01. The van der Waals surface area contributed by atoms with E-state index in [0.29, 0.717) is 5.69 Å². The first-order valence-electron chi connectivity index (χ1n) is 9.92. The number of benzene rings is 3. The molecule has 0 bridgehead atoms. The maximum absolute atomic E-state index is 13.5. The van der Waals surface area contributed by atoms with E-state index in [1.807, 2.05) is 30.3 Å². The standard InChI is InChI=1S/C23H21ClFN3O3S/c1-3-27-21-7-5-4-6-17(21)18-12-15(8-11-22(18)27)26-23(29)14-28(32(2,30)31)16-9-10-20(25)19(24)13-16/h4-13H,3,14H2,1-2H3,(H,26,29). The van der Waals surface area contributed by atoms with E-state index < -0.39 is 28.3 Å². The van der Waals surface area contributed by atoms with Gasteiger partial charge in [-0.3, -0.25) is 9.10 Å². The molecule has 0 atom stereocenters. The largest absolute Gasteiger partial charge is 0.341 e. The number of hydrogen-bond donors (Lipinski definition) is 1. The van der Waals surface area contributed by atoms with Crippen molar-refractivity contribution in [1.29, 1.82) is 0 Å². The normalized spacial score (nSPS) is 11.8. The van der Waals surface area contributed by atoms with Crippen LogP contribution < -0.4 is 9.62 Å². The predicted molar refractivity (Wildman–Crippen MR) is 127 cm³/mol. The molecule has 1 aromatic heterocycles. The molecular weight excluding hydrogens is 453 g/mol. The van der Waals surface area contributed by atoms with E-state index in [9.17, 15) is 17.6 Å². The maximum Gasteiger partial charge on any atom is 0.245 e. The minimum atomic E-state index is -3.81. The Morgan fingerprint density at radius 1 is 1.06 bits per heavy atom. The Hall–Kier alpha value is -3.10. The molecule has 32 heavy (non-hydrogen) atoms. The minimum Gasteiger partial charge on any atom is -0.341 e. The molecule has 0 radical (unpaired) electrons. The van der Waals surface area contributed by atoms with Crippen molar-refractivity contribution < 1.29 is 17.6 Å². The zero-order valence-electron chi connectivity index (χ0n) is 17.5. The zero-order valence-corrected chi connectivity index (χ0v) is 19.0. The smallest absolute Gasteiger partial charge is 0.245 e. The Kier molecular flexibility index (Phi) is 5.83. The van der Waals surface area contributed by atoms with Gasteiger partial charge in [-0.15, -0.1) is 0 Å². The summed E-state index contributed by atoms with van der Waals surface area (Å²) >= 11 is 5.79. The molecule has 9 heteroatoms. The second-order valence-corrected chi connectivity index (χ2v) is 9.72. The number of anilines is 2. The van der Waals surface area contributed by atoms with Crippen LogP contribution in [-0.4, -0.2) is 31.7 Å². The molecule has 0 fully saturated rings. The molecule has 4 aromatic rings. The second kappa shape index (κ2) is 8.44. The third-order valence-corrected chi connectivity index (χ3v) is 6.68. The lowest BCUT2D eigenvalue weighted by Gasteiger charge is -2.22. The number of para-hydroxylation sites is 1. The van der Waals surface area contributed by atoms with Gasteiger partial charge >= 0.3 is 0 Å². The summed E-state index contributed by atoms with van der Waals surface area (Å²) in [4.78, 5) is 12.7. The number of aromatic nitrogens is 1. The molecule has 0 aliphatic heterocycles. The quantitative estimate of drug-likeness (QED) is 0.428. The lowest BCUT2D eigenvalue weighted by molar-refractivity contribution is -0.114. The number of carbonyl (C=O) groups excluding carboxylic acids is 1. The van der Waals surface area contributed by atoms with Crippen molar-refractivity contribution in [2.45, 2.75) is 13.5 Å². The second-order valence-electron chi connectivity index (χ2n) is 7.41. The number of aryl methyl sites for hydroxylation is 1. The van der Waals surface area contributed by atoms with Gasteiger partial charge < -0.3 is 9.88 Å². The third kappa shape index (κ3) is 4.16. The van der Waals surface area contributed by atoms with Crippen molar-refractivity contribution in [2.24, 2.45) is 0 Å². The lowest BCUT2D eigenvalue weighted by Crippen LogP contribution is -2.37. The monoisotopic (exact) mass is 473 g/mol. The molecule has 4 rings (SSSR count). The molecule has 1 N–H and O–H groups in total. The first-order valence-corrected chi connectivity index (χ1v) is 12.1. The van der Waals surface area contributed by atoms with Gasteiger partial charge in [0.2, 0.25) is 15.9 Å². The van der Waals surface area contributed by atoms with Crippen molar-refractivity contribution in [3.05, 3.63) is 71.5 Å². The van der Waals surface area contributed by atoms with Crippen LogP contribution in [0.25, 0.3) is 21.8 Å². The minimum absolute atomic E-state index is 0.107. The van der Waals surface area contributed by atoms with E-state index in [1.54, 1.807) is 6.07 Å². The van der Waals surface area contributed by atoms with Crippen LogP contribution in [0.4, 0.5) is 15.8 Å². The number of fused-ring (bicyclic) bond motifs is 3. The Morgan fingerprint density at radius 2 is 1.78 bits per heavy atom. The van der Waals surface area contributed by atoms with Crippen molar-refractivity contribution in [3.8, 4) is 0 Å². The molecule has 0 aliphatic rings. The number of nitrogens with zero attached hydrogens (tertiary/aromatic N) is 2. The highest BCUT2D eigenvalue weighted by Crippen LogP contribution is 2.31. The summed E-state index contributed by atoms with van der Waals surface area (Å²) < 4.78 is 41.1. The van der Waals surface area contributed by atoms with Gasteiger partial charge in [0.05, 0.1) is 17.0 Å². The number of sulfonamides is 1. The third-order valence-electron chi connectivity index (χ3n) is 5.25. The van der Waals surface area contributed by atoms with Crippen molar-refractivity contribution in [2.75, 3.05) is 22.4 Å². The van der Waals surface area contributed by atoms with E-state index in [-0.39, 0.29) is 10.7 Å². The van der Waals surface area contributed by atoms with Crippen LogP contribution in [0, 0.1) is 5.82 Å². The van der Waals surface area contributed by atoms with Gasteiger partial charge in [0.25, 0.3) is 0 Å². The molecule has 1 heterocycles. The fourth-order valence-corrected chi connectivity index (χ4v) is 4.87. The van der Waals surface area contributed by atoms with Gasteiger partial charge in [-0.1, -0.05) is 29.8 Å². The van der Waals surface area contributed by atoms with E-state index in [2.05, 4.69) is 22.9 Å². The summed E-state index contributed by atoms with van der Waals surface area (Å²) in [5.41, 5.74) is 2.80. The van der Waals surface area contributed by atoms with E-state index in [4.69, 9.17) is 11.6 Å². The first kappa shape index (κ1) is 22.1. The molecule has 166 valence electrons. The summed E-state index contributed by atoms with van der Waals surface area (Å²) in [6.45, 7) is 2.40. The van der Waals surface area contributed by atoms with Crippen LogP contribution in [0.1, 0.15) is 6.92 Å². The van der Waals surface area contributed by atoms with Crippen LogP contribution in [0.2, 0.25) is 5.02 Å². The van der Waals surface area contributed by atoms with Gasteiger partial charge in [-0.2, -0.15) is 0 Å². The molecule has 1 amide bonds. The number of hydrogen-bond acceptors (Lipinski definition) is 3. The number of nitrogens with one attached hydrogen (secondary N) is 1. The Balaban J connectivity index is 1.64. The zero-order chi connectivity index (χ0) is 23.0. The van der Waals surface area contributed by atoms with Gasteiger partial charge in [-0.25, -0.2) is 12.8 Å². The van der Waals surface area contributed by atoms with Crippen LogP contribution in [0.3, 0.4) is 0 Å². The Morgan fingerprint density at radius 3 is 2.47 bits per heavy atom. The first-order chi connectivity index (χ1) is 15.2. The van der Waals surface area contributed by atoms with Gasteiger partial charge in [0, 0.05) is 34.0 Å². The number of amides is 1. The summed E-state index contributed by atoms with van der Waals surface area (Å²) in [5.74, 6) is -1.21.